The van der Waals surface area contributed by atoms with Gasteiger partial charge in [-0.15, -0.1) is 11.8 Å². The van der Waals surface area contributed by atoms with Crippen LogP contribution >= 0.6 is 11.8 Å². The molecule has 29 heavy (non-hydrogen) atoms. The van der Waals surface area contributed by atoms with Crippen LogP contribution < -0.4 is 10.6 Å². The van der Waals surface area contributed by atoms with E-state index in [9.17, 15) is 9.59 Å². The lowest BCUT2D eigenvalue weighted by atomic mass is 9.84. The van der Waals surface area contributed by atoms with Crippen molar-refractivity contribution in [2.75, 3.05) is 26.2 Å². The first-order valence-corrected chi connectivity index (χ1v) is 11.6. The number of rotatable bonds is 7. The van der Waals surface area contributed by atoms with E-state index < -0.39 is 0 Å². The Balaban J connectivity index is 1.53. The zero-order valence-corrected chi connectivity index (χ0v) is 18.6. The van der Waals surface area contributed by atoms with Gasteiger partial charge in [-0.05, 0) is 50.9 Å². The molecule has 3 rings (SSSR count). The van der Waals surface area contributed by atoms with Gasteiger partial charge in [-0.2, -0.15) is 0 Å². The Morgan fingerprint density at radius 2 is 1.97 bits per heavy atom. The van der Waals surface area contributed by atoms with Crippen molar-refractivity contribution in [3.8, 4) is 0 Å². The fourth-order valence-corrected chi connectivity index (χ4v) is 5.36. The molecule has 2 fully saturated rings. The molecule has 5 nitrogen and oxygen atoms in total. The second-order valence-corrected chi connectivity index (χ2v) is 9.26. The lowest BCUT2D eigenvalue weighted by molar-refractivity contribution is -0.127. The Morgan fingerprint density at radius 3 is 2.66 bits per heavy atom. The third-order valence-corrected chi connectivity index (χ3v) is 7.40. The van der Waals surface area contributed by atoms with Crippen LogP contribution in [0.2, 0.25) is 0 Å². The average molecular weight is 416 g/mol. The SMILES string of the molecule is CCN(CC)CCNC(=O)C1CCC2S/C(=C/c3ccc(C)cc3)C(=O)NC2C1. The number of thioether (sulfide) groups is 1. The van der Waals surface area contributed by atoms with Gasteiger partial charge in [0, 0.05) is 30.3 Å². The minimum Gasteiger partial charge on any atom is -0.355 e. The molecule has 1 aliphatic carbocycles. The summed E-state index contributed by atoms with van der Waals surface area (Å²) < 4.78 is 0. The predicted octanol–water partition coefficient (Wildman–Crippen LogP) is 3.19. The molecule has 0 spiro atoms. The highest BCUT2D eigenvalue weighted by atomic mass is 32.2. The van der Waals surface area contributed by atoms with Crippen LogP contribution in [-0.4, -0.2) is 54.2 Å². The van der Waals surface area contributed by atoms with E-state index in [0.717, 1.165) is 49.4 Å². The van der Waals surface area contributed by atoms with Crippen molar-refractivity contribution < 1.29 is 9.59 Å². The van der Waals surface area contributed by atoms with Crippen LogP contribution in [0.15, 0.2) is 29.2 Å². The maximum Gasteiger partial charge on any atom is 0.257 e. The molecule has 1 aliphatic heterocycles. The van der Waals surface area contributed by atoms with Crippen LogP contribution in [0.4, 0.5) is 0 Å². The Hall–Kier alpha value is -1.79. The van der Waals surface area contributed by atoms with Crippen molar-refractivity contribution in [2.24, 2.45) is 5.92 Å². The van der Waals surface area contributed by atoms with Gasteiger partial charge in [0.05, 0.1) is 4.91 Å². The van der Waals surface area contributed by atoms with E-state index in [1.165, 1.54) is 5.56 Å². The van der Waals surface area contributed by atoms with Crippen molar-refractivity contribution in [1.82, 2.24) is 15.5 Å². The van der Waals surface area contributed by atoms with E-state index in [1.807, 2.05) is 18.2 Å². The molecule has 1 heterocycles. The number of hydrogen-bond donors (Lipinski definition) is 2. The van der Waals surface area contributed by atoms with E-state index in [2.05, 4.69) is 48.4 Å². The van der Waals surface area contributed by atoms with Gasteiger partial charge in [0.2, 0.25) is 5.91 Å². The molecule has 6 heteroatoms. The van der Waals surface area contributed by atoms with Crippen molar-refractivity contribution >= 4 is 29.7 Å². The molecule has 1 saturated heterocycles. The summed E-state index contributed by atoms with van der Waals surface area (Å²) in [6.45, 7) is 9.91. The van der Waals surface area contributed by atoms with E-state index in [0.29, 0.717) is 11.8 Å². The molecular weight excluding hydrogens is 382 g/mol. The molecule has 2 N–H and O–H groups in total. The van der Waals surface area contributed by atoms with Crippen LogP contribution in [0.3, 0.4) is 0 Å². The zero-order chi connectivity index (χ0) is 20.8. The topological polar surface area (TPSA) is 61.4 Å². The lowest BCUT2D eigenvalue weighted by Crippen LogP contribution is -2.51. The van der Waals surface area contributed by atoms with Gasteiger partial charge in [0.25, 0.3) is 5.91 Å². The molecule has 1 saturated carbocycles. The highest BCUT2D eigenvalue weighted by Gasteiger charge is 2.39. The minimum atomic E-state index is -0.0144. The normalized spacial score (nSPS) is 25.6. The summed E-state index contributed by atoms with van der Waals surface area (Å²) in [4.78, 5) is 28.3. The maximum absolute atomic E-state index is 12.6. The molecule has 2 amide bonds. The summed E-state index contributed by atoms with van der Waals surface area (Å²) in [5.41, 5.74) is 2.26. The largest absolute Gasteiger partial charge is 0.355 e. The summed E-state index contributed by atoms with van der Waals surface area (Å²) in [6.07, 6.45) is 4.55. The number of carbonyl (C=O) groups excluding carboxylic acids is 2. The van der Waals surface area contributed by atoms with Gasteiger partial charge in [0.15, 0.2) is 0 Å². The molecule has 2 aliphatic rings. The van der Waals surface area contributed by atoms with Gasteiger partial charge in [0.1, 0.15) is 0 Å². The second kappa shape index (κ2) is 10.3. The highest BCUT2D eigenvalue weighted by molar-refractivity contribution is 8.04. The van der Waals surface area contributed by atoms with Gasteiger partial charge in [-0.1, -0.05) is 43.7 Å². The number of carbonyl (C=O) groups is 2. The quantitative estimate of drug-likeness (QED) is 0.672. The molecular formula is C23H33N3O2S. The van der Waals surface area contributed by atoms with Gasteiger partial charge >= 0.3 is 0 Å². The molecule has 158 valence electrons. The number of amides is 2. The van der Waals surface area contributed by atoms with Crippen LogP contribution in [0.1, 0.15) is 44.2 Å². The summed E-state index contributed by atoms with van der Waals surface area (Å²) in [6, 6.07) is 8.29. The number of aryl methyl sites for hydroxylation is 1. The third kappa shape index (κ3) is 5.86. The highest BCUT2D eigenvalue weighted by Crippen LogP contribution is 2.39. The number of nitrogens with zero attached hydrogens (tertiary/aromatic N) is 1. The maximum atomic E-state index is 12.6. The summed E-state index contributed by atoms with van der Waals surface area (Å²) >= 11 is 1.67. The molecule has 1 aromatic carbocycles. The van der Waals surface area contributed by atoms with Crippen LogP contribution in [0, 0.1) is 12.8 Å². The zero-order valence-electron chi connectivity index (χ0n) is 17.7. The van der Waals surface area contributed by atoms with E-state index in [-0.39, 0.29) is 23.8 Å². The minimum absolute atomic E-state index is 0.00326. The van der Waals surface area contributed by atoms with Gasteiger partial charge in [-0.25, -0.2) is 0 Å². The number of nitrogens with one attached hydrogen (secondary N) is 2. The fraction of sp³-hybridized carbons (Fsp3) is 0.565. The number of benzene rings is 1. The van der Waals surface area contributed by atoms with E-state index in [4.69, 9.17) is 0 Å². The third-order valence-electron chi connectivity index (χ3n) is 5.97. The first-order chi connectivity index (χ1) is 14.0. The lowest BCUT2D eigenvalue weighted by Gasteiger charge is -2.39. The fourth-order valence-electron chi connectivity index (χ4n) is 4.06. The first kappa shape index (κ1) is 21.9. The van der Waals surface area contributed by atoms with Crippen molar-refractivity contribution in [1.29, 1.82) is 0 Å². The molecule has 0 bridgehead atoms. The Bertz CT molecular complexity index is 743. The molecule has 0 aromatic heterocycles. The number of hydrogen-bond acceptors (Lipinski definition) is 4. The average Bonchev–Trinajstić information content (AvgIpc) is 2.73. The van der Waals surface area contributed by atoms with Crippen molar-refractivity contribution in [2.45, 2.75) is 51.3 Å². The summed E-state index contributed by atoms with van der Waals surface area (Å²) in [5, 5.41) is 6.60. The van der Waals surface area contributed by atoms with E-state index >= 15 is 0 Å². The summed E-state index contributed by atoms with van der Waals surface area (Å²) in [5.74, 6) is 0.117. The predicted molar refractivity (Wildman–Crippen MR) is 121 cm³/mol. The Morgan fingerprint density at radius 1 is 1.24 bits per heavy atom. The number of likely N-dealkylation sites (N-methyl/N-ethyl adjacent to an activating group) is 1. The molecule has 0 radical (unpaired) electrons. The number of fused-ring (bicyclic) bond motifs is 1. The molecule has 3 atom stereocenters. The van der Waals surface area contributed by atoms with Crippen molar-refractivity contribution in [3.63, 3.8) is 0 Å². The first-order valence-electron chi connectivity index (χ1n) is 10.8. The van der Waals surface area contributed by atoms with E-state index in [1.54, 1.807) is 11.8 Å². The summed E-state index contributed by atoms with van der Waals surface area (Å²) in [7, 11) is 0. The smallest absolute Gasteiger partial charge is 0.257 e. The Labute approximate surface area is 178 Å². The van der Waals surface area contributed by atoms with Crippen LogP contribution in [0.5, 0.6) is 0 Å². The second-order valence-electron chi connectivity index (χ2n) is 7.98. The van der Waals surface area contributed by atoms with Crippen LogP contribution in [-0.2, 0) is 9.59 Å². The molecule has 1 aromatic rings. The van der Waals surface area contributed by atoms with Crippen molar-refractivity contribution in [3.05, 3.63) is 40.3 Å². The molecule has 3 unspecified atom stereocenters. The monoisotopic (exact) mass is 415 g/mol. The Kier molecular flexibility index (Phi) is 7.78. The van der Waals surface area contributed by atoms with Gasteiger partial charge in [-0.3, -0.25) is 9.59 Å². The van der Waals surface area contributed by atoms with Gasteiger partial charge < -0.3 is 15.5 Å². The van der Waals surface area contributed by atoms with Crippen LogP contribution in [0.25, 0.3) is 6.08 Å². The standard InChI is InChI=1S/C23H33N3O2S/c1-4-26(5-2)13-12-24-22(27)18-10-11-20-19(15-18)25-23(28)21(29-20)14-17-8-6-16(3)7-9-17/h6-9,14,18-20H,4-5,10-13,15H2,1-3H3,(H,24,27)(H,25,28)/b21-14+.